The van der Waals surface area contributed by atoms with Gasteiger partial charge in [0, 0.05) is 19.3 Å². The first-order chi connectivity index (χ1) is 7.58. The highest BCUT2D eigenvalue weighted by atomic mass is 16.2. The second-order valence-corrected chi connectivity index (χ2v) is 3.59. The molecule has 0 aliphatic heterocycles. The van der Waals surface area contributed by atoms with Crippen LogP contribution in [0.1, 0.15) is 18.1 Å². The molecule has 0 bridgehead atoms. The van der Waals surface area contributed by atoms with Gasteiger partial charge in [-0.2, -0.15) is 5.26 Å². The lowest BCUT2D eigenvalue weighted by Crippen LogP contribution is -2.31. The lowest BCUT2D eigenvalue weighted by atomic mass is 10.1. The predicted molar refractivity (Wildman–Crippen MR) is 63.2 cm³/mol. The van der Waals surface area contributed by atoms with Crippen molar-refractivity contribution in [1.29, 1.82) is 5.26 Å². The van der Waals surface area contributed by atoms with Crippen LogP contribution in [0.3, 0.4) is 0 Å². The molecule has 0 aromatic heterocycles. The molecule has 0 aliphatic rings. The van der Waals surface area contributed by atoms with Crippen LogP contribution in [-0.2, 0) is 0 Å². The molecule has 1 aromatic carbocycles. The van der Waals surface area contributed by atoms with Gasteiger partial charge in [0.25, 0.3) is 0 Å². The van der Waals surface area contributed by atoms with E-state index in [0.29, 0.717) is 17.8 Å². The number of nitrogens with one attached hydrogen (secondary N) is 1. The Hall–Kier alpha value is -2.02. The molecular weight excluding hydrogens is 202 g/mol. The summed E-state index contributed by atoms with van der Waals surface area (Å²) in [6.45, 7) is 4.43. The molecular formula is C12H15N3O. The third-order valence-corrected chi connectivity index (χ3v) is 2.43. The van der Waals surface area contributed by atoms with Gasteiger partial charge in [0.15, 0.2) is 0 Å². The highest BCUT2D eigenvalue weighted by Crippen LogP contribution is 2.16. The van der Waals surface area contributed by atoms with E-state index in [1.54, 1.807) is 24.1 Å². The third-order valence-electron chi connectivity index (χ3n) is 2.43. The van der Waals surface area contributed by atoms with Crippen molar-refractivity contribution in [3.05, 3.63) is 29.3 Å². The average Bonchev–Trinajstić information content (AvgIpc) is 2.30. The van der Waals surface area contributed by atoms with E-state index in [1.807, 2.05) is 26.0 Å². The molecule has 0 saturated carbocycles. The quantitative estimate of drug-likeness (QED) is 0.826. The molecule has 0 unspecified atom stereocenters. The van der Waals surface area contributed by atoms with Gasteiger partial charge in [-0.25, -0.2) is 4.79 Å². The van der Waals surface area contributed by atoms with Crippen molar-refractivity contribution in [3.8, 4) is 6.07 Å². The van der Waals surface area contributed by atoms with Crippen molar-refractivity contribution in [1.82, 2.24) is 4.90 Å². The summed E-state index contributed by atoms with van der Waals surface area (Å²) in [5, 5.41) is 11.5. The van der Waals surface area contributed by atoms with E-state index in [0.717, 1.165) is 5.56 Å². The molecule has 1 aromatic rings. The van der Waals surface area contributed by atoms with E-state index in [1.165, 1.54) is 0 Å². The first-order valence-electron chi connectivity index (χ1n) is 5.11. The molecule has 84 valence electrons. The minimum Gasteiger partial charge on any atom is -0.328 e. The number of nitrogens with zero attached hydrogens (tertiary/aromatic N) is 2. The fraction of sp³-hybridized carbons (Fsp3) is 0.333. The van der Waals surface area contributed by atoms with Crippen LogP contribution in [0.2, 0.25) is 0 Å². The SMILES string of the molecule is CCN(C)C(=O)Nc1cc(C#N)ccc1C. The maximum Gasteiger partial charge on any atom is 0.321 e. The lowest BCUT2D eigenvalue weighted by Gasteiger charge is -2.16. The summed E-state index contributed by atoms with van der Waals surface area (Å²) in [7, 11) is 1.72. The van der Waals surface area contributed by atoms with E-state index in [9.17, 15) is 4.79 Å². The second-order valence-electron chi connectivity index (χ2n) is 3.59. The number of nitriles is 1. The van der Waals surface area contributed by atoms with Gasteiger partial charge in [-0.15, -0.1) is 0 Å². The topological polar surface area (TPSA) is 56.1 Å². The number of benzene rings is 1. The monoisotopic (exact) mass is 217 g/mol. The Morgan fingerprint density at radius 3 is 2.81 bits per heavy atom. The van der Waals surface area contributed by atoms with Gasteiger partial charge in [0.2, 0.25) is 0 Å². The molecule has 0 spiro atoms. The number of carbonyl (C=O) groups is 1. The minimum atomic E-state index is -0.166. The van der Waals surface area contributed by atoms with Crippen molar-refractivity contribution >= 4 is 11.7 Å². The van der Waals surface area contributed by atoms with Crippen LogP contribution < -0.4 is 5.32 Å². The van der Waals surface area contributed by atoms with Crippen molar-refractivity contribution in [2.45, 2.75) is 13.8 Å². The van der Waals surface area contributed by atoms with E-state index >= 15 is 0 Å². The predicted octanol–water partition coefficient (Wildman–Crippen LogP) is 2.35. The van der Waals surface area contributed by atoms with Gasteiger partial charge in [-0.3, -0.25) is 0 Å². The Balaban J connectivity index is 2.89. The average molecular weight is 217 g/mol. The minimum absolute atomic E-state index is 0.166. The summed E-state index contributed by atoms with van der Waals surface area (Å²) < 4.78 is 0. The maximum atomic E-state index is 11.6. The highest BCUT2D eigenvalue weighted by molar-refractivity contribution is 5.90. The van der Waals surface area contributed by atoms with Crippen LogP contribution >= 0.6 is 0 Å². The number of hydrogen-bond donors (Lipinski definition) is 1. The molecule has 0 aliphatic carbocycles. The van der Waals surface area contributed by atoms with E-state index in [-0.39, 0.29) is 6.03 Å². The van der Waals surface area contributed by atoms with Gasteiger partial charge in [0.05, 0.1) is 11.6 Å². The van der Waals surface area contributed by atoms with Crippen LogP contribution in [0, 0.1) is 18.3 Å². The first kappa shape index (κ1) is 12.1. The summed E-state index contributed by atoms with van der Waals surface area (Å²) in [5.41, 5.74) is 2.17. The van der Waals surface area contributed by atoms with Crippen LogP contribution in [0.5, 0.6) is 0 Å². The van der Waals surface area contributed by atoms with Crippen molar-refractivity contribution in [3.63, 3.8) is 0 Å². The Morgan fingerprint density at radius 2 is 2.25 bits per heavy atom. The first-order valence-corrected chi connectivity index (χ1v) is 5.11. The summed E-state index contributed by atoms with van der Waals surface area (Å²) in [5.74, 6) is 0. The Kier molecular flexibility index (Phi) is 3.90. The Labute approximate surface area is 95.5 Å². The van der Waals surface area contributed by atoms with Crippen molar-refractivity contribution < 1.29 is 4.79 Å². The summed E-state index contributed by atoms with van der Waals surface area (Å²) >= 11 is 0. The number of urea groups is 1. The molecule has 1 N–H and O–H groups in total. The van der Waals surface area contributed by atoms with E-state index in [4.69, 9.17) is 5.26 Å². The largest absolute Gasteiger partial charge is 0.328 e. The zero-order valence-electron chi connectivity index (χ0n) is 9.74. The van der Waals surface area contributed by atoms with E-state index < -0.39 is 0 Å². The lowest BCUT2D eigenvalue weighted by molar-refractivity contribution is 0.224. The summed E-state index contributed by atoms with van der Waals surface area (Å²) in [6.07, 6.45) is 0. The molecule has 0 saturated heterocycles. The van der Waals surface area contributed by atoms with Crippen molar-refractivity contribution in [2.24, 2.45) is 0 Å². The number of anilines is 1. The van der Waals surface area contributed by atoms with Gasteiger partial charge < -0.3 is 10.2 Å². The van der Waals surface area contributed by atoms with Gasteiger partial charge in [0.1, 0.15) is 0 Å². The molecule has 4 nitrogen and oxygen atoms in total. The van der Waals surface area contributed by atoms with Crippen LogP contribution in [0.25, 0.3) is 0 Å². The highest BCUT2D eigenvalue weighted by Gasteiger charge is 2.08. The zero-order chi connectivity index (χ0) is 12.1. The van der Waals surface area contributed by atoms with E-state index in [2.05, 4.69) is 5.32 Å². The van der Waals surface area contributed by atoms with Crippen molar-refractivity contribution in [2.75, 3.05) is 18.9 Å². The summed E-state index contributed by atoms with van der Waals surface area (Å²) in [4.78, 5) is 13.2. The smallest absolute Gasteiger partial charge is 0.321 e. The molecule has 0 atom stereocenters. The number of hydrogen-bond acceptors (Lipinski definition) is 2. The molecule has 2 amide bonds. The number of rotatable bonds is 2. The number of aryl methyl sites for hydroxylation is 1. The Morgan fingerprint density at radius 1 is 1.56 bits per heavy atom. The number of amides is 2. The van der Waals surface area contributed by atoms with Crippen LogP contribution in [0.15, 0.2) is 18.2 Å². The zero-order valence-corrected chi connectivity index (χ0v) is 9.74. The van der Waals surface area contributed by atoms with Crippen LogP contribution in [-0.4, -0.2) is 24.5 Å². The second kappa shape index (κ2) is 5.17. The summed E-state index contributed by atoms with van der Waals surface area (Å²) in [6, 6.07) is 7.11. The Bertz CT molecular complexity index is 434. The molecule has 0 radical (unpaired) electrons. The molecule has 1 rings (SSSR count). The molecule has 0 fully saturated rings. The fourth-order valence-corrected chi connectivity index (χ4v) is 1.18. The molecule has 4 heteroatoms. The standard InChI is InChI=1S/C12H15N3O/c1-4-15(3)12(16)14-11-7-10(8-13)6-5-9(11)2/h5-7H,4H2,1-3H3,(H,14,16). The molecule has 0 heterocycles. The molecule has 16 heavy (non-hydrogen) atoms. The van der Waals surface area contributed by atoms with Crippen LogP contribution in [0.4, 0.5) is 10.5 Å². The third kappa shape index (κ3) is 2.74. The maximum absolute atomic E-state index is 11.6. The number of carbonyl (C=O) groups excluding carboxylic acids is 1. The van der Waals surface area contributed by atoms with Gasteiger partial charge in [-0.05, 0) is 31.5 Å². The fourth-order valence-electron chi connectivity index (χ4n) is 1.18. The normalized spacial score (nSPS) is 9.38. The van der Waals surface area contributed by atoms with Gasteiger partial charge >= 0.3 is 6.03 Å². The van der Waals surface area contributed by atoms with Gasteiger partial charge in [-0.1, -0.05) is 6.07 Å².